The van der Waals surface area contributed by atoms with Crippen molar-refractivity contribution in [1.29, 1.82) is 0 Å². The van der Waals surface area contributed by atoms with Gasteiger partial charge in [-0.2, -0.15) is 0 Å². The van der Waals surface area contributed by atoms with Gasteiger partial charge in [0.15, 0.2) is 0 Å². The van der Waals surface area contributed by atoms with Gasteiger partial charge in [0.25, 0.3) is 0 Å². The molecule has 4 nitrogen and oxygen atoms in total. The van der Waals surface area contributed by atoms with Crippen molar-refractivity contribution in [2.24, 2.45) is 0 Å². The molecule has 2 fully saturated rings. The number of halogens is 2. The molecule has 3 rings (SSSR count). The zero-order valence-corrected chi connectivity index (χ0v) is 13.9. The summed E-state index contributed by atoms with van der Waals surface area (Å²) in [5, 5.41) is 10.4. The first-order valence-electron chi connectivity index (χ1n) is 8.61. The molecule has 2 aliphatic heterocycles. The monoisotopic (exact) mass is 338 g/mol. The number of likely N-dealkylation sites (tertiary alicyclic amines) is 2. The largest absolute Gasteiger partial charge is 0.387 e. The maximum Gasteiger partial charge on any atom is 0.219 e. The van der Waals surface area contributed by atoms with Crippen LogP contribution in [-0.2, 0) is 4.79 Å². The summed E-state index contributed by atoms with van der Waals surface area (Å²) in [6.45, 7) is 3.44. The molecule has 132 valence electrons. The molecule has 0 saturated carbocycles. The van der Waals surface area contributed by atoms with E-state index < -0.39 is 17.7 Å². The fourth-order valence-electron chi connectivity index (χ4n) is 4.19. The number of hydrogen-bond donors (Lipinski definition) is 1. The molecule has 1 amide bonds. The average molecular weight is 338 g/mol. The summed E-state index contributed by atoms with van der Waals surface area (Å²) >= 11 is 0. The molecule has 0 unspecified atom stereocenters. The van der Waals surface area contributed by atoms with Crippen LogP contribution in [0, 0.1) is 11.6 Å². The number of hydrogen-bond acceptors (Lipinski definition) is 3. The summed E-state index contributed by atoms with van der Waals surface area (Å²) in [7, 11) is 0. The van der Waals surface area contributed by atoms with E-state index in [1.807, 2.05) is 4.90 Å². The first-order valence-corrected chi connectivity index (χ1v) is 8.61. The van der Waals surface area contributed by atoms with E-state index in [9.17, 15) is 18.7 Å². The molecule has 24 heavy (non-hydrogen) atoms. The summed E-state index contributed by atoms with van der Waals surface area (Å²) in [6.07, 6.45) is 2.84. The fourth-order valence-corrected chi connectivity index (χ4v) is 4.19. The zero-order valence-electron chi connectivity index (χ0n) is 13.9. The Morgan fingerprint density at radius 3 is 2.71 bits per heavy atom. The van der Waals surface area contributed by atoms with Gasteiger partial charge in [0.1, 0.15) is 11.6 Å². The molecule has 6 heteroatoms. The van der Waals surface area contributed by atoms with Crippen molar-refractivity contribution in [3.05, 3.63) is 35.4 Å². The molecule has 0 bridgehead atoms. The molecule has 2 saturated heterocycles. The molecule has 0 aromatic heterocycles. The van der Waals surface area contributed by atoms with Crippen molar-refractivity contribution in [1.82, 2.24) is 9.80 Å². The van der Waals surface area contributed by atoms with Crippen LogP contribution in [0.3, 0.4) is 0 Å². The van der Waals surface area contributed by atoms with Crippen LogP contribution in [0.15, 0.2) is 18.2 Å². The maximum atomic E-state index is 13.9. The minimum absolute atomic E-state index is 0.00417. The van der Waals surface area contributed by atoms with Crippen LogP contribution in [0.4, 0.5) is 8.78 Å². The Morgan fingerprint density at radius 1 is 1.25 bits per heavy atom. The lowest BCUT2D eigenvalue weighted by atomic mass is 10.0. The highest BCUT2D eigenvalue weighted by Gasteiger charge is 2.39. The summed E-state index contributed by atoms with van der Waals surface area (Å²) in [5.41, 5.74) is -0.00417. The van der Waals surface area contributed by atoms with Crippen molar-refractivity contribution in [3.8, 4) is 0 Å². The van der Waals surface area contributed by atoms with E-state index in [1.165, 1.54) is 0 Å². The highest BCUT2D eigenvalue weighted by atomic mass is 19.1. The first kappa shape index (κ1) is 17.3. The smallest absolute Gasteiger partial charge is 0.219 e. The second kappa shape index (κ2) is 7.15. The standard InChI is InChI=1S/C18H24F2N2O2/c1-12(23)22-9-3-5-17(22)16-4-2-8-21(16)11-18(24)14-10-13(19)6-7-15(14)20/h6-7,10,16-18,24H,2-5,8-9,11H2,1H3/t16-,17-,18+/m1/s1. The van der Waals surface area contributed by atoms with Gasteiger partial charge in [0, 0.05) is 37.7 Å². The number of aliphatic hydroxyl groups is 1. The predicted octanol–water partition coefficient (Wildman–Crippen LogP) is 2.47. The van der Waals surface area contributed by atoms with Gasteiger partial charge in [-0.25, -0.2) is 8.78 Å². The molecule has 0 spiro atoms. The highest BCUT2D eigenvalue weighted by molar-refractivity contribution is 5.74. The summed E-state index contributed by atoms with van der Waals surface area (Å²) < 4.78 is 27.2. The normalized spacial score (nSPS) is 26.1. The molecule has 0 aliphatic carbocycles. The summed E-state index contributed by atoms with van der Waals surface area (Å²) in [5.74, 6) is -1.06. The van der Waals surface area contributed by atoms with Gasteiger partial charge in [-0.05, 0) is 50.4 Å². The van der Waals surface area contributed by atoms with E-state index in [4.69, 9.17) is 0 Å². The quantitative estimate of drug-likeness (QED) is 0.917. The Hall–Kier alpha value is -1.53. The zero-order chi connectivity index (χ0) is 17.3. The molecule has 0 radical (unpaired) electrons. The van der Waals surface area contributed by atoms with Crippen LogP contribution >= 0.6 is 0 Å². The minimum atomic E-state index is -1.08. The van der Waals surface area contributed by atoms with Gasteiger partial charge in [0.05, 0.1) is 6.10 Å². The Balaban J connectivity index is 1.72. The SMILES string of the molecule is CC(=O)N1CCC[C@@H]1[C@H]1CCCN1C[C@H](O)c1cc(F)ccc1F. The van der Waals surface area contributed by atoms with E-state index in [1.54, 1.807) is 6.92 Å². The van der Waals surface area contributed by atoms with E-state index in [0.717, 1.165) is 57.0 Å². The van der Waals surface area contributed by atoms with Gasteiger partial charge < -0.3 is 10.0 Å². The number of nitrogens with zero attached hydrogens (tertiary/aromatic N) is 2. The van der Waals surface area contributed by atoms with Crippen LogP contribution in [0.25, 0.3) is 0 Å². The molecule has 1 N–H and O–H groups in total. The molecule has 2 aliphatic rings. The number of benzene rings is 1. The second-order valence-electron chi connectivity index (χ2n) is 6.81. The van der Waals surface area contributed by atoms with Crippen molar-refractivity contribution >= 4 is 5.91 Å². The Labute approximate surface area is 141 Å². The number of amides is 1. The lowest BCUT2D eigenvalue weighted by Crippen LogP contribution is -2.48. The predicted molar refractivity (Wildman–Crippen MR) is 86.3 cm³/mol. The first-order chi connectivity index (χ1) is 11.5. The van der Waals surface area contributed by atoms with Gasteiger partial charge >= 0.3 is 0 Å². The molecular weight excluding hydrogens is 314 g/mol. The van der Waals surface area contributed by atoms with Gasteiger partial charge in [0.2, 0.25) is 5.91 Å². The van der Waals surface area contributed by atoms with Crippen LogP contribution in [-0.4, -0.2) is 52.5 Å². The van der Waals surface area contributed by atoms with Gasteiger partial charge in [-0.3, -0.25) is 9.69 Å². The molecule has 1 aromatic carbocycles. The van der Waals surface area contributed by atoms with E-state index in [0.29, 0.717) is 0 Å². The summed E-state index contributed by atoms with van der Waals surface area (Å²) in [6, 6.07) is 3.50. The van der Waals surface area contributed by atoms with Crippen LogP contribution in [0.1, 0.15) is 44.3 Å². The molecule has 2 heterocycles. The van der Waals surface area contributed by atoms with Crippen molar-refractivity contribution < 1.29 is 18.7 Å². The van der Waals surface area contributed by atoms with Crippen molar-refractivity contribution in [2.45, 2.75) is 50.8 Å². The second-order valence-corrected chi connectivity index (χ2v) is 6.81. The third-order valence-corrected chi connectivity index (χ3v) is 5.29. The summed E-state index contributed by atoms with van der Waals surface area (Å²) in [4.78, 5) is 15.9. The van der Waals surface area contributed by atoms with Crippen LogP contribution < -0.4 is 0 Å². The number of aliphatic hydroxyl groups excluding tert-OH is 1. The third kappa shape index (κ3) is 3.44. The molecular formula is C18H24F2N2O2. The number of carbonyl (C=O) groups excluding carboxylic acids is 1. The van der Waals surface area contributed by atoms with Crippen molar-refractivity contribution in [2.75, 3.05) is 19.6 Å². The minimum Gasteiger partial charge on any atom is -0.387 e. The van der Waals surface area contributed by atoms with Crippen LogP contribution in [0.2, 0.25) is 0 Å². The fraction of sp³-hybridized carbons (Fsp3) is 0.611. The number of rotatable bonds is 4. The van der Waals surface area contributed by atoms with E-state index >= 15 is 0 Å². The highest BCUT2D eigenvalue weighted by Crippen LogP contribution is 2.31. The molecule has 3 atom stereocenters. The molecule has 1 aromatic rings. The van der Waals surface area contributed by atoms with E-state index in [2.05, 4.69) is 4.90 Å². The third-order valence-electron chi connectivity index (χ3n) is 5.29. The Bertz CT molecular complexity index is 611. The van der Waals surface area contributed by atoms with E-state index in [-0.39, 0.29) is 30.1 Å². The lowest BCUT2D eigenvalue weighted by Gasteiger charge is -2.35. The van der Waals surface area contributed by atoms with Crippen molar-refractivity contribution in [3.63, 3.8) is 0 Å². The lowest BCUT2D eigenvalue weighted by molar-refractivity contribution is -0.130. The topological polar surface area (TPSA) is 43.8 Å². The Kier molecular flexibility index (Phi) is 5.15. The Morgan fingerprint density at radius 2 is 1.96 bits per heavy atom. The van der Waals surface area contributed by atoms with Gasteiger partial charge in [-0.1, -0.05) is 0 Å². The van der Waals surface area contributed by atoms with Gasteiger partial charge in [-0.15, -0.1) is 0 Å². The number of carbonyl (C=O) groups is 1. The maximum absolute atomic E-state index is 13.9. The average Bonchev–Trinajstić information content (AvgIpc) is 3.17. The number of β-amino-alcohol motifs (C(OH)–C–C–N with tert-alkyl or cyclic N) is 1. The van der Waals surface area contributed by atoms with Crippen LogP contribution in [0.5, 0.6) is 0 Å².